The summed E-state index contributed by atoms with van der Waals surface area (Å²) in [6.45, 7) is 1.48. The van der Waals surface area contributed by atoms with Crippen LogP contribution in [0.4, 0.5) is 0 Å². The molecule has 22 heavy (non-hydrogen) atoms. The minimum absolute atomic E-state index is 0.735. The summed E-state index contributed by atoms with van der Waals surface area (Å²) in [5.74, 6) is 4.75. The van der Waals surface area contributed by atoms with Crippen LogP contribution in [0.1, 0.15) is 6.42 Å². The van der Waals surface area contributed by atoms with E-state index in [1.807, 2.05) is 66.4 Å². The molecule has 0 saturated heterocycles. The molecule has 3 nitrogen and oxygen atoms in total. The van der Waals surface area contributed by atoms with Crippen molar-refractivity contribution >= 4 is 11.8 Å². The minimum atomic E-state index is 0.735. The van der Waals surface area contributed by atoms with Crippen molar-refractivity contribution < 1.29 is 14.2 Å². The lowest BCUT2D eigenvalue weighted by Gasteiger charge is -2.07. The quantitative estimate of drug-likeness (QED) is 0.611. The Balaban J connectivity index is 1.47. The van der Waals surface area contributed by atoms with Crippen LogP contribution in [0.5, 0.6) is 17.2 Å². The molecule has 0 heterocycles. The van der Waals surface area contributed by atoms with Gasteiger partial charge in [0.05, 0.1) is 20.3 Å². The highest BCUT2D eigenvalue weighted by molar-refractivity contribution is 7.99. The Morgan fingerprint density at radius 1 is 0.727 bits per heavy atom. The third-order valence-electron chi connectivity index (χ3n) is 3.00. The number of rotatable bonds is 10. The van der Waals surface area contributed by atoms with Gasteiger partial charge in [-0.1, -0.05) is 18.2 Å². The van der Waals surface area contributed by atoms with E-state index in [0.717, 1.165) is 48.4 Å². The van der Waals surface area contributed by atoms with Crippen molar-refractivity contribution in [1.82, 2.24) is 0 Å². The van der Waals surface area contributed by atoms with Crippen LogP contribution >= 0.6 is 11.8 Å². The molecule has 0 aliphatic rings. The third-order valence-corrected chi connectivity index (χ3v) is 4.03. The highest BCUT2D eigenvalue weighted by Gasteiger charge is 1.96. The van der Waals surface area contributed by atoms with Crippen LogP contribution in [0.15, 0.2) is 54.6 Å². The Kier molecular flexibility index (Phi) is 7.53. The van der Waals surface area contributed by atoms with E-state index in [2.05, 4.69) is 0 Å². The third kappa shape index (κ3) is 6.31. The molecule has 0 bridgehead atoms. The molecule has 4 heteroatoms. The molecule has 2 aromatic rings. The zero-order valence-corrected chi connectivity index (χ0v) is 13.7. The maximum absolute atomic E-state index is 5.68. The van der Waals surface area contributed by atoms with Crippen molar-refractivity contribution in [2.75, 3.05) is 31.8 Å². The van der Waals surface area contributed by atoms with Crippen molar-refractivity contribution in [2.24, 2.45) is 0 Å². The number of para-hydroxylation sites is 1. The predicted octanol–water partition coefficient (Wildman–Crippen LogP) is 4.28. The summed E-state index contributed by atoms with van der Waals surface area (Å²) in [4.78, 5) is 0. The summed E-state index contributed by atoms with van der Waals surface area (Å²) < 4.78 is 16.4. The molecule has 0 aliphatic carbocycles. The van der Waals surface area contributed by atoms with Crippen molar-refractivity contribution in [3.8, 4) is 17.2 Å². The molecule has 118 valence electrons. The molecule has 0 N–H and O–H groups in total. The normalized spacial score (nSPS) is 10.2. The second-order valence-corrected chi connectivity index (χ2v) is 5.88. The molecule has 0 fully saturated rings. The van der Waals surface area contributed by atoms with Crippen LogP contribution in [0, 0.1) is 0 Å². The second kappa shape index (κ2) is 10.0. The van der Waals surface area contributed by atoms with Gasteiger partial charge in [-0.2, -0.15) is 11.8 Å². The lowest BCUT2D eigenvalue weighted by molar-refractivity contribution is 0.317. The van der Waals surface area contributed by atoms with Gasteiger partial charge in [-0.15, -0.1) is 0 Å². The molecule has 0 unspecified atom stereocenters. The van der Waals surface area contributed by atoms with E-state index in [0.29, 0.717) is 0 Å². The molecule has 0 aliphatic heterocycles. The first-order chi connectivity index (χ1) is 10.9. The highest BCUT2D eigenvalue weighted by atomic mass is 32.2. The molecule has 0 radical (unpaired) electrons. The molecule has 0 spiro atoms. The van der Waals surface area contributed by atoms with Crippen LogP contribution in [0.2, 0.25) is 0 Å². The molecule has 0 aromatic heterocycles. The lowest BCUT2D eigenvalue weighted by Crippen LogP contribution is -2.02. The molecule has 0 atom stereocenters. The summed E-state index contributed by atoms with van der Waals surface area (Å²) in [5.41, 5.74) is 0. The van der Waals surface area contributed by atoms with Gasteiger partial charge in [0.2, 0.25) is 0 Å². The van der Waals surface area contributed by atoms with Crippen molar-refractivity contribution in [3.05, 3.63) is 54.6 Å². The van der Waals surface area contributed by atoms with Crippen LogP contribution in [-0.2, 0) is 0 Å². The maximum Gasteiger partial charge on any atom is 0.119 e. The first kappa shape index (κ1) is 16.6. The Labute approximate surface area is 136 Å². The summed E-state index contributed by atoms with van der Waals surface area (Å²) in [6.07, 6.45) is 1.03. The van der Waals surface area contributed by atoms with Crippen LogP contribution < -0.4 is 14.2 Å². The van der Waals surface area contributed by atoms with Gasteiger partial charge in [-0.25, -0.2) is 0 Å². The van der Waals surface area contributed by atoms with Crippen LogP contribution in [-0.4, -0.2) is 31.8 Å². The molecular formula is C18H22O3S. The molecular weight excluding hydrogens is 296 g/mol. The monoisotopic (exact) mass is 318 g/mol. The summed E-state index contributed by atoms with van der Waals surface area (Å²) >= 11 is 1.89. The van der Waals surface area contributed by atoms with Crippen LogP contribution in [0.3, 0.4) is 0 Å². The van der Waals surface area contributed by atoms with Gasteiger partial charge in [0.1, 0.15) is 17.2 Å². The molecule has 0 amide bonds. The van der Waals surface area contributed by atoms with Gasteiger partial charge in [0.15, 0.2) is 0 Å². The number of methoxy groups -OCH3 is 1. The summed E-state index contributed by atoms with van der Waals surface area (Å²) in [6, 6.07) is 17.6. The smallest absolute Gasteiger partial charge is 0.119 e. The fourth-order valence-corrected chi connectivity index (χ4v) is 2.59. The Hall–Kier alpha value is -1.81. The van der Waals surface area contributed by atoms with E-state index in [-0.39, 0.29) is 0 Å². The maximum atomic E-state index is 5.68. The zero-order chi connectivity index (χ0) is 15.5. The fraction of sp³-hybridized carbons (Fsp3) is 0.333. The molecule has 0 saturated carbocycles. The van der Waals surface area contributed by atoms with E-state index < -0.39 is 0 Å². The first-order valence-electron chi connectivity index (χ1n) is 7.41. The molecule has 2 rings (SSSR count). The van der Waals surface area contributed by atoms with E-state index >= 15 is 0 Å². The number of benzene rings is 2. The number of ether oxygens (including phenoxy) is 3. The Bertz CT molecular complexity index is 514. The number of thioether (sulfide) groups is 1. The van der Waals surface area contributed by atoms with Gasteiger partial charge >= 0.3 is 0 Å². The molecule has 2 aromatic carbocycles. The van der Waals surface area contributed by atoms with Gasteiger partial charge in [-0.3, -0.25) is 0 Å². The van der Waals surface area contributed by atoms with Gasteiger partial charge in [0, 0.05) is 5.75 Å². The van der Waals surface area contributed by atoms with Crippen molar-refractivity contribution in [1.29, 1.82) is 0 Å². The SMILES string of the molecule is COc1ccc(OCCCSCCOc2ccccc2)cc1. The standard InChI is InChI=1S/C18H22O3S/c1-19-16-8-10-18(11-9-16)20-12-5-14-22-15-13-21-17-6-3-2-4-7-17/h2-4,6-11H,5,12-15H2,1H3. The Morgan fingerprint density at radius 3 is 2.09 bits per heavy atom. The van der Waals surface area contributed by atoms with E-state index in [4.69, 9.17) is 14.2 Å². The van der Waals surface area contributed by atoms with Crippen molar-refractivity contribution in [2.45, 2.75) is 6.42 Å². The number of hydrogen-bond donors (Lipinski definition) is 0. The Morgan fingerprint density at radius 2 is 1.36 bits per heavy atom. The largest absolute Gasteiger partial charge is 0.497 e. The van der Waals surface area contributed by atoms with E-state index in [9.17, 15) is 0 Å². The van der Waals surface area contributed by atoms with Gasteiger partial charge in [-0.05, 0) is 48.6 Å². The fourth-order valence-electron chi connectivity index (χ4n) is 1.86. The summed E-state index contributed by atoms with van der Waals surface area (Å²) in [5, 5.41) is 0. The van der Waals surface area contributed by atoms with E-state index in [1.54, 1.807) is 7.11 Å². The topological polar surface area (TPSA) is 27.7 Å². The minimum Gasteiger partial charge on any atom is -0.497 e. The number of hydrogen-bond acceptors (Lipinski definition) is 4. The zero-order valence-electron chi connectivity index (χ0n) is 12.9. The predicted molar refractivity (Wildman–Crippen MR) is 92.4 cm³/mol. The first-order valence-corrected chi connectivity index (χ1v) is 8.56. The highest BCUT2D eigenvalue weighted by Crippen LogP contribution is 2.17. The summed E-state index contributed by atoms with van der Waals surface area (Å²) in [7, 11) is 1.66. The van der Waals surface area contributed by atoms with Gasteiger partial charge in [0.25, 0.3) is 0 Å². The van der Waals surface area contributed by atoms with Crippen molar-refractivity contribution in [3.63, 3.8) is 0 Å². The van der Waals surface area contributed by atoms with Gasteiger partial charge < -0.3 is 14.2 Å². The lowest BCUT2D eigenvalue weighted by atomic mass is 10.3. The average Bonchev–Trinajstić information content (AvgIpc) is 2.59. The average molecular weight is 318 g/mol. The van der Waals surface area contributed by atoms with E-state index in [1.165, 1.54) is 0 Å². The van der Waals surface area contributed by atoms with Crippen LogP contribution in [0.25, 0.3) is 0 Å². The second-order valence-electron chi connectivity index (χ2n) is 4.65.